The van der Waals surface area contributed by atoms with Crippen LogP contribution in [-0.2, 0) is 0 Å². The maximum atomic E-state index is 11.8. The first-order valence-electron chi connectivity index (χ1n) is 5.12. The molecule has 3 nitrogen and oxygen atoms in total. The molecule has 0 spiro atoms. The van der Waals surface area contributed by atoms with E-state index < -0.39 is 0 Å². The van der Waals surface area contributed by atoms with E-state index in [1.807, 2.05) is 27.1 Å². The molecule has 1 N–H and O–H groups in total. The van der Waals surface area contributed by atoms with Gasteiger partial charge in [-0.2, -0.15) is 0 Å². The molecule has 5 heteroatoms. The summed E-state index contributed by atoms with van der Waals surface area (Å²) in [5, 5.41) is 2.93. The maximum absolute atomic E-state index is 11.8. The van der Waals surface area contributed by atoms with E-state index in [-0.39, 0.29) is 5.91 Å². The molecule has 0 aliphatic heterocycles. The third-order valence-electron chi connectivity index (χ3n) is 2.52. The molecule has 0 fully saturated rings. The van der Waals surface area contributed by atoms with Gasteiger partial charge in [-0.1, -0.05) is 0 Å². The molecule has 90 valence electrons. The molecule has 1 rings (SSSR count). The van der Waals surface area contributed by atoms with Crippen molar-refractivity contribution < 1.29 is 4.79 Å². The summed E-state index contributed by atoms with van der Waals surface area (Å²) in [5.41, 5.74) is 1.11. The minimum Gasteiger partial charge on any atom is -0.350 e. The predicted molar refractivity (Wildman–Crippen MR) is 72.2 cm³/mol. The quantitative estimate of drug-likeness (QED) is 0.927. The van der Waals surface area contributed by atoms with Gasteiger partial charge in [-0.15, -0.1) is 11.3 Å². The SMILES string of the molecule is Cc1cc(C(=O)NCC(C)N(C)C)sc1Br. The lowest BCUT2D eigenvalue weighted by atomic mass is 10.3. The third kappa shape index (κ3) is 3.57. The molecule has 0 bridgehead atoms. The van der Waals surface area contributed by atoms with Crippen LogP contribution in [0.2, 0.25) is 0 Å². The highest BCUT2D eigenvalue weighted by Gasteiger charge is 2.12. The van der Waals surface area contributed by atoms with E-state index in [4.69, 9.17) is 0 Å². The monoisotopic (exact) mass is 304 g/mol. The second-order valence-electron chi connectivity index (χ2n) is 4.09. The van der Waals surface area contributed by atoms with Crippen LogP contribution in [0.5, 0.6) is 0 Å². The smallest absolute Gasteiger partial charge is 0.261 e. The average Bonchev–Trinajstić information content (AvgIpc) is 2.55. The van der Waals surface area contributed by atoms with E-state index >= 15 is 0 Å². The van der Waals surface area contributed by atoms with Crippen LogP contribution in [-0.4, -0.2) is 37.5 Å². The molecule has 1 aromatic rings. The van der Waals surface area contributed by atoms with Gasteiger partial charge in [0.05, 0.1) is 8.66 Å². The van der Waals surface area contributed by atoms with Crippen LogP contribution in [0.1, 0.15) is 22.2 Å². The molecule has 1 unspecified atom stereocenters. The van der Waals surface area contributed by atoms with Crippen LogP contribution in [0, 0.1) is 6.92 Å². The zero-order chi connectivity index (χ0) is 12.3. The summed E-state index contributed by atoms with van der Waals surface area (Å²) in [6.07, 6.45) is 0. The van der Waals surface area contributed by atoms with Crippen LogP contribution in [0.3, 0.4) is 0 Å². The lowest BCUT2D eigenvalue weighted by Crippen LogP contribution is -2.37. The Morgan fingerprint density at radius 1 is 1.62 bits per heavy atom. The Morgan fingerprint density at radius 2 is 2.25 bits per heavy atom. The average molecular weight is 305 g/mol. The molecular formula is C11H17BrN2OS. The molecular weight excluding hydrogens is 288 g/mol. The van der Waals surface area contributed by atoms with E-state index in [0.717, 1.165) is 14.2 Å². The zero-order valence-corrected chi connectivity index (χ0v) is 12.4. The summed E-state index contributed by atoms with van der Waals surface area (Å²) < 4.78 is 1.03. The largest absolute Gasteiger partial charge is 0.350 e. The molecule has 0 aliphatic rings. The number of rotatable bonds is 4. The first-order valence-corrected chi connectivity index (χ1v) is 6.73. The normalized spacial score (nSPS) is 12.9. The Bertz CT molecular complexity index is 357. The van der Waals surface area contributed by atoms with Crippen LogP contribution in [0.25, 0.3) is 0 Å². The number of aryl methyl sites for hydroxylation is 1. The minimum atomic E-state index is 0.00694. The van der Waals surface area contributed by atoms with Crippen LogP contribution in [0.4, 0.5) is 0 Å². The number of thiophene rings is 1. The first kappa shape index (κ1) is 13.7. The number of likely N-dealkylation sites (N-methyl/N-ethyl adjacent to an activating group) is 1. The number of nitrogens with one attached hydrogen (secondary N) is 1. The van der Waals surface area contributed by atoms with Gasteiger partial charge < -0.3 is 10.2 Å². The molecule has 0 aromatic carbocycles. The van der Waals surface area contributed by atoms with Crippen molar-refractivity contribution in [1.82, 2.24) is 10.2 Å². The Kier molecular flexibility index (Phi) is 4.95. The topological polar surface area (TPSA) is 32.3 Å². The van der Waals surface area contributed by atoms with Crippen molar-refractivity contribution in [2.75, 3.05) is 20.6 Å². The van der Waals surface area contributed by atoms with E-state index in [2.05, 4.69) is 33.1 Å². The number of carbonyl (C=O) groups is 1. The van der Waals surface area contributed by atoms with Gasteiger partial charge >= 0.3 is 0 Å². The van der Waals surface area contributed by atoms with Crippen molar-refractivity contribution >= 4 is 33.2 Å². The van der Waals surface area contributed by atoms with Crippen LogP contribution in [0.15, 0.2) is 9.85 Å². The number of hydrogen-bond donors (Lipinski definition) is 1. The Balaban J connectivity index is 2.53. The number of halogens is 1. The van der Waals surface area contributed by atoms with Crippen LogP contribution >= 0.6 is 27.3 Å². The number of carbonyl (C=O) groups excluding carboxylic acids is 1. The molecule has 1 amide bonds. The molecule has 16 heavy (non-hydrogen) atoms. The minimum absolute atomic E-state index is 0.00694. The molecule has 0 saturated heterocycles. The van der Waals surface area contributed by atoms with Crippen molar-refractivity contribution in [2.45, 2.75) is 19.9 Å². The molecule has 0 aliphatic carbocycles. The van der Waals surface area contributed by atoms with E-state index in [1.165, 1.54) is 11.3 Å². The Morgan fingerprint density at radius 3 is 2.69 bits per heavy atom. The van der Waals surface area contributed by atoms with E-state index in [1.54, 1.807) is 0 Å². The number of amides is 1. The zero-order valence-electron chi connectivity index (χ0n) is 10.0. The summed E-state index contributed by atoms with van der Waals surface area (Å²) >= 11 is 4.89. The lowest BCUT2D eigenvalue weighted by molar-refractivity contribution is 0.0947. The highest BCUT2D eigenvalue weighted by atomic mass is 79.9. The molecule has 0 saturated carbocycles. The van der Waals surface area contributed by atoms with Crippen LogP contribution < -0.4 is 5.32 Å². The van der Waals surface area contributed by atoms with Gasteiger partial charge in [0.25, 0.3) is 5.91 Å². The fourth-order valence-corrected chi connectivity index (χ4v) is 2.53. The Hall–Kier alpha value is -0.390. The molecule has 1 aromatic heterocycles. The fraction of sp³-hybridized carbons (Fsp3) is 0.545. The second kappa shape index (κ2) is 5.80. The summed E-state index contributed by atoms with van der Waals surface area (Å²) in [6.45, 7) is 4.73. The van der Waals surface area contributed by atoms with Gasteiger partial charge in [-0.3, -0.25) is 4.79 Å². The van der Waals surface area contributed by atoms with Gasteiger partial charge in [0.15, 0.2) is 0 Å². The van der Waals surface area contributed by atoms with Gasteiger partial charge in [-0.05, 0) is 55.5 Å². The summed E-state index contributed by atoms with van der Waals surface area (Å²) in [5.74, 6) is 0.00694. The lowest BCUT2D eigenvalue weighted by Gasteiger charge is -2.19. The maximum Gasteiger partial charge on any atom is 0.261 e. The van der Waals surface area contributed by atoms with Gasteiger partial charge in [0.1, 0.15) is 0 Å². The second-order valence-corrected chi connectivity index (χ2v) is 6.46. The Labute approximate surface area is 109 Å². The number of nitrogens with zero attached hydrogens (tertiary/aromatic N) is 1. The molecule has 1 heterocycles. The van der Waals surface area contributed by atoms with Gasteiger partial charge in [-0.25, -0.2) is 0 Å². The third-order valence-corrected chi connectivity index (χ3v) is 4.66. The van der Waals surface area contributed by atoms with Crippen molar-refractivity contribution in [2.24, 2.45) is 0 Å². The highest BCUT2D eigenvalue weighted by Crippen LogP contribution is 2.27. The van der Waals surface area contributed by atoms with Gasteiger partial charge in [0, 0.05) is 12.6 Å². The summed E-state index contributed by atoms with van der Waals surface area (Å²) in [6, 6.07) is 2.25. The van der Waals surface area contributed by atoms with Crippen molar-refractivity contribution in [3.63, 3.8) is 0 Å². The summed E-state index contributed by atoms with van der Waals surface area (Å²) in [4.78, 5) is 14.6. The standard InChI is InChI=1S/C11H17BrN2OS/c1-7-5-9(16-10(7)12)11(15)13-6-8(2)14(3)4/h5,8H,6H2,1-4H3,(H,13,15). The predicted octanol–water partition coefficient (Wildman–Crippen LogP) is 2.50. The fourth-order valence-electron chi connectivity index (χ4n) is 1.08. The van der Waals surface area contributed by atoms with E-state index in [9.17, 15) is 4.79 Å². The molecule has 1 atom stereocenters. The van der Waals surface area contributed by atoms with Gasteiger partial charge in [0.2, 0.25) is 0 Å². The van der Waals surface area contributed by atoms with Crippen molar-refractivity contribution in [3.8, 4) is 0 Å². The highest BCUT2D eigenvalue weighted by molar-refractivity contribution is 9.11. The molecule has 0 radical (unpaired) electrons. The summed E-state index contributed by atoms with van der Waals surface area (Å²) in [7, 11) is 4.01. The van der Waals surface area contributed by atoms with Crippen molar-refractivity contribution in [3.05, 3.63) is 20.3 Å². The van der Waals surface area contributed by atoms with Crippen molar-refractivity contribution in [1.29, 1.82) is 0 Å². The first-order chi connectivity index (χ1) is 7.41. The number of hydrogen-bond acceptors (Lipinski definition) is 3. The van der Waals surface area contributed by atoms with E-state index in [0.29, 0.717) is 12.6 Å².